The molecule has 29 heavy (non-hydrogen) atoms. The molecule has 0 spiro atoms. The van der Waals surface area contributed by atoms with E-state index in [0.717, 1.165) is 6.26 Å². The van der Waals surface area contributed by atoms with Gasteiger partial charge in [0.1, 0.15) is 0 Å². The Balaban J connectivity index is 1.89. The third-order valence-corrected chi connectivity index (χ3v) is 5.07. The van der Waals surface area contributed by atoms with Crippen LogP contribution in [0.3, 0.4) is 0 Å². The number of ketones is 1. The third kappa shape index (κ3) is 5.62. The van der Waals surface area contributed by atoms with Gasteiger partial charge in [-0.3, -0.25) is 4.79 Å². The van der Waals surface area contributed by atoms with Crippen molar-refractivity contribution in [3.8, 4) is 0 Å². The van der Waals surface area contributed by atoms with Crippen molar-refractivity contribution < 1.29 is 22.7 Å². The molecular weight excluding hydrogens is 388 g/mol. The van der Waals surface area contributed by atoms with Gasteiger partial charge >= 0.3 is 5.97 Å². The molecule has 5 nitrogen and oxygen atoms in total. The van der Waals surface area contributed by atoms with Gasteiger partial charge in [-0.25, -0.2) is 13.2 Å². The molecule has 3 rings (SSSR count). The number of sulfone groups is 1. The van der Waals surface area contributed by atoms with Gasteiger partial charge in [-0.05, 0) is 17.7 Å². The number of benzene rings is 3. The van der Waals surface area contributed by atoms with E-state index in [0.29, 0.717) is 16.7 Å². The summed E-state index contributed by atoms with van der Waals surface area (Å²) in [7, 11) is -3.24. The Kier molecular flexibility index (Phi) is 6.24. The summed E-state index contributed by atoms with van der Waals surface area (Å²) < 4.78 is 28.6. The third-order valence-electron chi connectivity index (χ3n) is 4.22. The fraction of sp³-hybridized carbons (Fsp3) is 0.130. The average molecular weight is 408 g/mol. The van der Waals surface area contributed by atoms with E-state index in [2.05, 4.69) is 0 Å². The first kappa shape index (κ1) is 20.5. The SMILES string of the molecule is CS(=O)(=O)Cc1cccc(C(=O)OC(C(=O)c2ccccc2)c2ccccc2)c1. The lowest BCUT2D eigenvalue weighted by molar-refractivity contribution is 0.0280. The monoisotopic (exact) mass is 408 g/mol. The van der Waals surface area contributed by atoms with Crippen molar-refractivity contribution in [2.75, 3.05) is 6.26 Å². The Hall–Kier alpha value is -3.25. The van der Waals surface area contributed by atoms with Gasteiger partial charge in [0, 0.05) is 17.4 Å². The lowest BCUT2D eigenvalue weighted by Crippen LogP contribution is -2.20. The van der Waals surface area contributed by atoms with Crippen molar-refractivity contribution >= 4 is 21.6 Å². The maximum atomic E-state index is 13.0. The zero-order chi connectivity index (χ0) is 20.9. The highest BCUT2D eigenvalue weighted by Gasteiger charge is 2.26. The zero-order valence-electron chi connectivity index (χ0n) is 15.8. The van der Waals surface area contributed by atoms with E-state index in [9.17, 15) is 18.0 Å². The Morgan fingerprint density at radius 2 is 1.41 bits per heavy atom. The number of carbonyl (C=O) groups excluding carboxylic acids is 2. The molecule has 1 unspecified atom stereocenters. The summed E-state index contributed by atoms with van der Waals surface area (Å²) in [4.78, 5) is 25.8. The van der Waals surface area contributed by atoms with E-state index in [1.54, 1.807) is 66.7 Å². The second-order valence-corrected chi connectivity index (χ2v) is 8.84. The molecule has 0 heterocycles. The van der Waals surface area contributed by atoms with Gasteiger partial charge < -0.3 is 4.74 Å². The average Bonchev–Trinajstić information content (AvgIpc) is 2.71. The highest BCUT2D eigenvalue weighted by molar-refractivity contribution is 7.89. The first-order valence-electron chi connectivity index (χ1n) is 8.95. The number of Topliss-reactive ketones (excluding diaryl/α,β-unsaturated/α-hetero) is 1. The van der Waals surface area contributed by atoms with E-state index < -0.39 is 21.9 Å². The normalized spacial score (nSPS) is 12.2. The predicted molar refractivity (Wildman–Crippen MR) is 110 cm³/mol. The molecule has 0 saturated heterocycles. The molecule has 0 amide bonds. The van der Waals surface area contributed by atoms with Crippen molar-refractivity contribution in [1.82, 2.24) is 0 Å². The van der Waals surface area contributed by atoms with Gasteiger partial charge in [-0.1, -0.05) is 72.8 Å². The smallest absolute Gasteiger partial charge is 0.339 e. The molecule has 0 aliphatic carbocycles. The van der Waals surface area contributed by atoms with Gasteiger partial charge in [-0.2, -0.15) is 0 Å². The first-order chi connectivity index (χ1) is 13.8. The molecule has 1 atom stereocenters. The van der Waals surface area contributed by atoms with Gasteiger partial charge in [-0.15, -0.1) is 0 Å². The van der Waals surface area contributed by atoms with Crippen LogP contribution in [0.15, 0.2) is 84.9 Å². The van der Waals surface area contributed by atoms with Crippen LogP contribution in [0.4, 0.5) is 0 Å². The second-order valence-electron chi connectivity index (χ2n) is 6.70. The minimum atomic E-state index is -3.24. The number of rotatable bonds is 7. The highest BCUT2D eigenvalue weighted by atomic mass is 32.2. The highest BCUT2D eigenvalue weighted by Crippen LogP contribution is 2.24. The zero-order valence-corrected chi connectivity index (χ0v) is 16.6. The Labute approximate surface area is 169 Å². The van der Waals surface area contributed by atoms with Crippen LogP contribution in [0.5, 0.6) is 0 Å². The lowest BCUT2D eigenvalue weighted by Gasteiger charge is -2.18. The van der Waals surface area contributed by atoms with E-state index in [-0.39, 0.29) is 17.1 Å². The molecule has 0 N–H and O–H groups in total. The van der Waals surface area contributed by atoms with Crippen LogP contribution >= 0.6 is 0 Å². The second kappa shape index (κ2) is 8.84. The van der Waals surface area contributed by atoms with E-state index in [1.807, 2.05) is 6.07 Å². The number of carbonyl (C=O) groups is 2. The van der Waals surface area contributed by atoms with E-state index >= 15 is 0 Å². The van der Waals surface area contributed by atoms with Crippen LogP contribution in [-0.2, 0) is 20.3 Å². The molecule has 0 saturated carbocycles. The molecule has 0 radical (unpaired) electrons. The maximum absolute atomic E-state index is 13.0. The van der Waals surface area contributed by atoms with Gasteiger partial charge in [0.25, 0.3) is 0 Å². The molecule has 0 bridgehead atoms. The van der Waals surface area contributed by atoms with Crippen molar-refractivity contribution in [1.29, 1.82) is 0 Å². The van der Waals surface area contributed by atoms with Crippen LogP contribution in [-0.4, -0.2) is 26.4 Å². The quantitative estimate of drug-likeness (QED) is 0.436. The predicted octanol–water partition coefficient (Wildman–Crippen LogP) is 4.01. The molecule has 148 valence electrons. The Morgan fingerprint density at radius 1 is 0.828 bits per heavy atom. The van der Waals surface area contributed by atoms with Gasteiger partial charge in [0.05, 0.1) is 11.3 Å². The van der Waals surface area contributed by atoms with Crippen LogP contribution in [0.1, 0.15) is 37.9 Å². The molecule has 0 aliphatic heterocycles. The van der Waals surface area contributed by atoms with Crippen molar-refractivity contribution in [3.05, 3.63) is 107 Å². The van der Waals surface area contributed by atoms with Crippen molar-refractivity contribution in [2.24, 2.45) is 0 Å². The minimum Gasteiger partial charge on any atom is -0.445 e. The summed E-state index contributed by atoms with van der Waals surface area (Å²) in [6.45, 7) is 0. The molecule has 3 aromatic rings. The summed E-state index contributed by atoms with van der Waals surface area (Å²) in [5, 5.41) is 0. The van der Waals surface area contributed by atoms with Crippen molar-refractivity contribution in [2.45, 2.75) is 11.9 Å². The molecule has 0 fully saturated rings. The molecule has 6 heteroatoms. The standard InChI is InChI=1S/C23H20O5S/c1-29(26,27)16-17-9-8-14-20(15-17)23(25)28-22(19-12-6-3-7-13-19)21(24)18-10-4-2-5-11-18/h2-15,22H,16H2,1H3. The van der Waals surface area contributed by atoms with Gasteiger partial charge in [0.2, 0.25) is 5.78 Å². The van der Waals surface area contributed by atoms with Crippen LogP contribution in [0.25, 0.3) is 0 Å². The molecule has 0 aliphatic rings. The van der Waals surface area contributed by atoms with Crippen LogP contribution in [0, 0.1) is 0 Å². The molecular formula is C23H20O5S. The van der Waals surface area contributed by atoms with E-state index in [4.69, 9.17) is 4.74 Å². The fourth-order valence-electron chi connectivity index (χ4n) is 2.92. The first-order valence-corrected chi connectivity index (χ1v) is 11.0. The molecule has 3 aromatic carbocycles. The Bertz CT molecular complexity index is 1110. The topological polar surface area (TPSA) is 77.5 Å². The van der Waals surface area contributed by atoms with Gasteiger partial charge in [0.15, 0.2) is 15.9 Å². The summed E-state index contributed by atoms with van der Waals surface area (Å²) in [6.07, 6.45) is 0.0201. The number of hydrogen-bond acceptors (Lipinski definition) is 5. The lowest BCUT2D eigenvalue weighted by atomic mass is 9.99. The fourth-order valence-corrected chi connectivity index (χ4v) is 3.71. The number of ether oxygens (including phenoxy) is 1. The summed E-state index contributed by atoms with van der Waals surface area (Å²) >= 11 is 0. The Morgan fingerprint density at radius 3 is 2.03 bits per heavy atom. The largest absolute Gasteiger partial charge is 0.445 e. The maximum Gasteiger partial charge on any atom is 0.339 e. The summed E-state index contributed by atoms with van der Waals surface area (Å²) in [5.74, 6) is -1.21. The minimum absolute atomic E-state index is 0.181. The summed E-state index contributed by atoms with van der Waals surface area (Å²) in [5.41, 5.74) is 1.66. The summed E-state index contributed by atoms with van der Waals surface area (Å²) in [6, 6.07) is 23.6. The van der Waals surface area contributed by atoms with Crippen LogP contribution < -0.4 is 0 Å². The van der Waals surface area contributed by atoms with Crippen molar-refractivity contribution in [3.63, 3.8) is 0 Å². The van der Waals surface area contributed by atoms with E-state index in [1.165, 1.54) is 12.1 Å². The number of hydrogen-bond donors (Lipinski definition) is 0. The molecule has 0 aromatic heterocycles. The van der Waals surface area contributed by atoms with Crippen LogP contribution in [0.2, 0.25) is 0 Å². The number of esters is 1.